The van der Waals surface area contributed by atoms with Crippen LogP contribution in [0.5, 0.6) is 0 Å². The predicted molar refractivity (Wildman–Crippen MR) is 76.7 cm³/mol. The number of carbonyl (C=O) groups is 2. The van der Waals surface area contributed by atoms with Crippen LogP contribution in [0.4, 0.5) is 5.82 Å². The van der Waals surface area contributed by atoms with Gasteiger partial charge in [-0.2, -0.15) is 5.10 Å². The van der Waals surface area contributed by atoms with E-state index in [0.717, 1.165) is 25.7 Å². The van der Waals surface area contributed by atoms with E-state index in [1.165, 1.54) is 12.4 Å². The summed E-state index contributed by atoms with van der Waals surface area (Å²) in [5, 5.41) is 16.0. The van der Waals surface area contributed by atoms with E-state index in [9.17, 15) is 9.59 Å². The van der Waals surface area contributed by atoms with Crippen molar-refractivity contribution in [2.75, 3.05) is 5.32 Å². The fourth-order valence-electron chi connectivity index (χ4n) is 2.69. The minimum atomic E-state index is -1.29. The van der Waals surface area contributed by atoms with Crippen LogP contribution in [0.15, 0.2) is 24.7 Å². The van der Waals surface area contributed by atoms with Crippen molar-refractivity contribution in [2.45, 2.75) is 31.7 Å². The quantitative estimate of drug-likeness (QED) is 0.890. The Balaban J connectivity index is 1.84. The normalized spacial score (nSPS) is 14.9. The minimum absolute atomic E-state index is 0.214. The number of carboxylic acid groups (broad SMARTS) is 1. The molecule has 1 aliphatic carbocycles. The summed E-state index contributed by atoms with van der Waals surface area (Å²) in [6.45, 7) is 0. The lowest BCUT2D eigenvalue weighted by molar-refractivity contribution is 0.0685. The molecule has 2 N–H and O–H groups in total. The fourth-order valence-corrected chi connectivity index (χ4v) is 2.69. The Morgan fingerprint density at radius 2 is 1.82 bits per heavy atom. The van der Waals surface area contributed by atoms with E-state index in [1.54, 1.807) is 16.9 Å². The number of carbonyl (C=O) groups excluding carboxylic acids is 1. The summed E-state index contributed by atoms with van der Waals surface area (Å²) < 4.78 is 1.78. The third-order valence-electron chi connectivity index (χ3n) is 3.70. The monoisotopic (exact) mass is 301 g/mol. The van der Waals surface area contributed by atoms with Crippen molar-refractivity contribution < 1.29 is 14.7 Å². The Hall–Kier alpha value is -2.77. The molecule has 8 heteroatoms. The van der Waals surface area contributed by atoms with Crippen LogP contribution in [0.25, 0.3) is 0 Å². The molecule has 0 bridgehead atoms. The Morgan fingerprint density at radius 1 is 1.14 bits per heavy atom. The molecule has 0 spiro atoms. The van der Waals surface area contributed by atoms with Gasteiger partial charge in [0.1, 0.15) is 5.82 Å². The van der Waals surface area contributed by atoms with Crippen LogP contribution in [-0.2, 0) is 0 Å². The van der Waals surface area contributed by atoms with Gasteiger partial charge in [-0.25, -0.2) is 19.4 Å². The summed E-state index contributed by atoms with van der Waals surface area (Å²) >= 11 is 0. The lowest BCUT2D eigenvalue weighted by atomic mass is 10.2. The summed E-state index contributed by atoms with van der Waals surface area (Å²) in [5.41, 5.74) is -0.582. The molecular weight excluding hydrogens is 286 g/mol. The third kappa shape index (κ3) is 2.67. The average Bonchev–Trinajstić information content (AvgIpc) is 3.17. The molecular formula is C14H15N5O3. The maximum atomic E-state index is 12.3. The van der Waals surface area contributed by atoms with Gasteiger partial charge in [-0.3, -0.25) is 4.79 Å². The molecule has 3 rings (SSSR count). The van der Waals surface area contributed by atoms with E-state index >= 15 is 0 Å². The first-order valence-corrected chi connectivity index (χ1v) is 7.06. The van der Waals surface area contributed by atoms with Crippen LogP contribution < -0.4 is 5.32 Å². The van der Waals surface area contributed by atoms with Gasteiger partial charge in [0.2, 0.25) is 0 Å². The van der Waals surface area contributed by atoms with E-state index in [2.05, 4.69) is 20.4 Å². The molecule has 0 atom stereocenters. The molecule has 2 heterocycles. The summed E-state index contributed by atoms with van der Waals surface area (Å²) in [6.07, 6.45) is 8.48. The highest BCUT2D eigenvalue weighted by Crippen LogP contribution is 2.31. The van der Waals surface area contributed by atoms with Crippen LogP contribution in [0.1, 0.15) is 52.7 Å². The second-order valence-corrected chi connectivity index (χ2v) is 5.11. The van der Waals surface area contributed by atoms with Gasteiger partial charge in [-0.1, -0.05) is 12.8 Å². The Bertz CT molecular complexity index is 706. The van der Waals surface area contributed by atoms with Crippen molar-refractivity contribution >= 4 is 17.7 Å². The standard InChI is InChI=1S/C14H15N5O3/c20-13(11-12(14(21)22)16-8-7-15-11)18-10-5-6-17-19(10)9-3-1-2-4-9/h5-9H,1-4H2,(H,18,20)(H,21,22). The van der Waals surface area contributed by atoms with E-state index in [0.29, 0.717) is 5.82 Å². The third-order valence-corrected chi connectivity index (χ3v) is 3.70. The van der Waals surface area contributed by atoms with E-state index in [-0.39, 0.29) is 17.4 Å². The minimum Gasteiger partial charge on any atom is -0.476 e. The predicted octanol–water partition coefficient (Wildman–Crippen LogP) is 1.74. The molecule has 0 aromatic carbocycles. The Kier molecular flexibility index (Phi) is 3.82. The highest BCUT2D eigenvalue weighted by molar-refractivity contribution is 6.08. The van der Waals surface area contributed by atoms with Crippen LogP contribution in [0.3, 0.4) is 0 Å². The molecule has 1 fully saturated rings. The molecule has 1 amide bonds. The topological polar surface area (TPSA) is 110 Å². The molecule has 8 nitrogen and oxygen atoms in total. The van der Waals surface area contributed by atoms with Gasteiger partial charge in [-0.05, 0) is 12.8 Å². The maximum absolute atomic E-state index is 12.3. The van der Waals surface area contributed by atoms with Gasteiger partial charge in [-0.15, -0.1) is 0 Å². The molecule has 2 aromatic rings. The highest BCUT2D eigenvalue weighted by atomic mass is 16.4. The molecule has 0 radical (unpaired) electrons. The molecule has 114 valence electrons. The Labute approximate surface area is 126 Å². The highest BCUT2D eigenvalue weighted by Gasteiger charge is 2.23. The number of nitrogens with one attached hydrogen (secondary N) is 1. The first-order chi connectivity index (χ1) is 10.7. The number of hydrogen-bond donors (Lipinski definition) is 2. The van der Waals surface area contributed by atoms with Crippen LogP contribution >= 0.6 is 0 Å². The first-order valence-electron chi connectivity index (χ1n) is 7.06. The average molecular weight is 301 g/mol. The molecule has 0 saturated heterocycles. The van der Waals surface area contributed by atoms with Crippen molar-refractivity contribution in [1.82, 2.24) is 19.7 Å². The number of nitrogens with zero attached hydrogens (tertiary/aromatic N) is 4. The van der Waals surface area contributed by atoms with Crippen molar-refractivity contribution in [1.29, 1.82) is 0 Å². The second-order valence-electron chi connectivity index (χ2n) is 5.11. The van der Waals surface area contributed by atoms with E-state index in [1.807, 2.05) is 0 Å². The van der Waals surface area contributed by atoms with Gasteiger partial charge in [0.05, 0.1) is 12.2 Å². The smallest absolute Gasteiger partial charge is 0.356 e. The Morgan fingerprint density at radius 3 is 2.50 bits per heavy atom. The van der Waals surface area contributed by atoms with Crippen molar-refractivity contribution in [2.24, 2.45) is 0 Å². The summed E-state index contributed by atoms with van der Waals surface area (Å²) in [7, 11) is 0. The fraction of sp³-hybridized carbons (Fsp3) is 0.357. The van der Waals surface area contributed by atoms with Crippen LogP contribution in [-0.4, -0.2) is 36.7 Å². The number of hydrogen-bond acceptors (Lipinski definition) is 5. The lowest BCUT2D eigenvalue weighted by Gasteiger charge is -2.14. The lowest BCUT2D eigenvalue weighted by Crippen LogP contribution is -2.22. The molecule has 0 aliphatic heterocycles. The van der Waals surface area contributed by atoms with Crippen molar-refractivity contribution in [3.05, 3.63) is 36.0 Å². The number of amides is 1. The number of rotatable bonds is 4. The zero-order chi connectivity index (χ0) is 15.5. The van der Waals surface area contributed by atoms with E-state index in [4.69, 9.17) is 5.11 Å². The number of aromatic nitrogens is 4. The number of aromatic carboxylic acids is 1. The van der Waals surface area contributed by atoms with Gasteiger partial charge < -0.3 is 10.4 Å². The van der Waals surface area contributed by atoms with Crippen molar-refractivity contribution in [3.63, 3.8) is 0 Å². The summed E-state index contributed by atoms with van der Waals surface area (Å²) in [4.78, 5) is 30.9. The molecule has 0 unspecified atom stereocenters. The molecule has 22 heavy (non-hydrogen) atoms. The van der Waals surface area contributed by atoms with Gasteiger partial charge in [0.15, 0.2) is 11.4 Å². The molecule has 1 saturated carbocycles. The van der Waals surface area contributed by atoms with Gasteiger partial charge in [0.25, 0.3) is 5.91 Å². The molecule has 1 aliphatic rings. The van der Waals surface area contributed by atoms with Crippen LogP contribution in [0, 0.1) is 0 Å². The maximum Gasteiger partial charge on any atom is 0.356 e. The molecule has 2 aromatic heterocycles. The van der Waals surface area contributed by atoms with Crippen molar-refractivity contribution in [3.8, 4) is 0 Å². The zero-order valence-corrected chi connectivity index (χ0v) is 11.8. The van der Waals surface area contributed by atoms with Gasteiger partial charge >= 0.3 is 5.97 Å². The second kappa shape index (κ2) is 5.92. The SMILES string of the molecule is O=C(O)c1nccnc1C(=O)Nc1ccnn1C1CCCC1. The largest absolute Gasteiger partial charge is 0.476 e. The van der Waals surface area contributed by atoms with Crippen LogP contribution in [0.2, 0.25) is 0 Å². The first kappa shape index (κ1) is 14.2. The van der Waals surface area contributed by atoms with E-state index < -0.39 is 11.9 Å². The zero-order valence-electron chi connectivity index (χ0n) is 11.8. The van der Waals surface area contributed by atoms with Gasteiger partial charge in [0, 0.05) is 18.5 Å². The summed E-state index contributed by atoms with van der Waals surface area (Å²) in [6, 6.07) is 1.96. The number of carboxylic acids is 1. The summed E-state index contributed by atoms with van der Waals surface area (Å²) in [5.74, 6) is -1.35. The number of anilines is 1.